The first-order chi connectivity index (χ1) is 9.11. The van der Waals surface area contributed by atoms with Crippen molar-refractivity contribution in [2.75, 3.05) is 26.2 Å². The molecule has 2 rings (SSSR count). The second-order valence-corrected chi connectivity index (χ2v) is 5.07. The van der Waals surface area contributed by atoms with Gasteiger partial charge in [-0.15, -0.1) is 0 Å². The summed E-state index contributed by atoms with van der Waals surface area (Å²) in [6.07, 6.45) is 0. The van der Waals surface area contributed by atoms with E-state index in [0.29, 0.717) is 31.2 Å². The number of amides is 1. The summed E-state index contributed by atoms with van der Waals surface area (Å²) in [7, 11) is 0. The minimum Gasteiger partial charge on any atom is -0.340 e. The smallest absolute Gasteiger partial charge is 0.219 e. The molecule has 1 aliphatic heterocycles. The summed E-state index contributed by atoms with van der Waals surface area (Å²) in [4.78, 5) is 15.2. The summed E-state index contributed by atoms with van der Waals surface area (Å²) in [5.74, 6) is 0.0934. The Bertz CT molecular complexity index is 504. The molecule has 100 valence electrons. The minimum absolute atomic E-state index is 0.0934. The minimum atomic E-state index is -0.298. The molecule has 0 aliphatic carbocycles. The van der Waals surface area contributed by atoms with Crippen LogP contribution in [0.15, 0.2) is 24.3 Å². The van der Waals surface area contributed by atoms with Crippen molar-refractivity contribution < 1.29 is 4.79 Å². The van der Waals surface area contributed by atoms with Crippen LogP contribution in [-0.4, -0.2) is 41.9 Å². The Morgan fingerprint density at radius 2 is 2.05 bits per heavy atom. The fourth-order valence-electron chi connectivity index (χ4n) is 2.34. The van der Waals surface area contributed by atoms with E-state index < -0.39 is 0 Å². The van der Waals surface area contributed by atoms with Gasteiger partial charge in [-0.3, -0.25) is 9.69 Å². The lowest BCUT2D eigenvalue weighted by molar-refractivity contribution is -0.130. The van der Waals surface area contributed by atoms with E-state index in [-0.39, 0.29) is 11.9 Å². The average molecular weight is 278 g/mol. The van der Waals surface area contributed by atoms with Crippen LogP contribution in [-0.2, 0) is 4.79 Å². The first-order valence-electron chi connectivity index (χ1n) is 6.26. The maximum absolute atomic E-state index is 11.3. The first kappa shape index (κ1) is 13.9. The molecule has 1 aliphatic rings. The molecule has 0 aromatic heterocycles. The summed E-state index contributed by atoms with van der Waals surface area (Å²) in [6, 6.07) is 9.42. The quantitative estimate of drug-likeness (QED) is 0.831. The summed E-state index contributed by atoms with van der Waals surface area (Å²) in [6.45, 7) is 4.35. The molecule has 1 aromatic rings. The zero-order chi connectivity index (χ0) is 13.8. The van der Waals surface area contributed by atoms with Gasteiger partial charge in [0.25, 0.3) is 0 Å². The third-order valence-corrected chi connectivity index (χ3v) is 3.65. The van der Waals surface area contributed by atoms with E-state index in [1.807, 2.05) is 23.1 Å². The van der Waals surface area contributed by atoms with E-state index in [1.54, 1.807) is 13.0 Å². The van der Waals surface area contributed by atoms with Crippen molar-refractivity contribution in [1.29, 1.82) is 5.26 Å². The largest absolute Gasteiger partial charge is 0.340 e. The Hall–Kier alpha value is -1.57. The average Bonchev–Trinajstić information content (AvgIpc) is 2.40. The molecule has 1 amide bonds. The van der Waals surface area contributed by atoms with Gasteiger partial charge < -0.3 is 4.90 Å². The standard InChI is InChI=1S/C14H16ClN3O/c1-11(19)17-5-7-18(8-6-17)14(10-16)12-3-2-4-13(15)9-12/h2-4,9,14H,5-8H2,1H3. The number of halogens is 1. The molecule has 1 fully saturated rings. The number of piperazine rings is 1. The molecular formula is C14H16ClN3O. The van der Waals surface area contributed by atoms with Crippen molar-refractivity contribution in [2.45, 2.75) is 13.0 Å². The lowest BCUT2D eigenvalue weighted by atomic mass is 10.1. The fraction of sp³-hybridized carbons (Fsp3) is 0.429. The number of carbonyl (C=O) groups excluding carboxylic acids is 1. The molecule has 0 bridgehead atoms. The van der Waals surface area contributed by atoms with Crippen molar-refractivity contribution >= 4 is 17.5 Å². The van der Waals surface area contributed by atoms with Gasteiger partial charge in [0.2, 0.25) is 5.91 Å². The van der Waals surface area contributed by atoms with Crippen LogP contribution in [0.4, 0.5) is 0 Å². The predicted octanol–water partition coefficient (Wildman–Crippen LogP) is 2.07. The third kappa shape index (κ3) is 3.25. The maximum Gasteiger partial charge on any atom is 0.219 e. The van der Waals surface area contributed by atoms with Crippen LogP contribution in [0.2, 0.25) is 5.02 Å². The number of nitriles is 1. The summed E-state index contributed by atoms with van der Waals surface area (Å²) < 4.78 is 0. The molecule has 1 aromatic carbocycles. The zero-order valence-electron chi connectivity index (χ0n) is 10.8. The van der Waals surface area contributed by atoms with Gasteiger partial charge in [0.05, 0.1) is 6.07 Å². The van der Waals surface area contributed by atoms with Gasteiger partial charge >= 0.3 is 0 Å². The van der Waals surface area contributed by atoms with Gasteiger partial charge in [-0.05, 0) is 17.7 Å². The Morgan fingerprint density at radius 1 is 1.37 bits per heavy atom. The highest BCUT2D eigenvalue weighted by molar-refractivity contribution is 6.30. The summed E-state index contributed by atoms with van der Waals surface area (Å²) in [5.41, 5.74) is 0.909. The van der Waals surface area contributed by atoms with Crippen LogP contribution in [0, 0.1) is 11.3 Å². The molecule has 1 unspecified atom stereocenters. The van der Waals surface area contributed by atoms with E-state index in [0.717, 1.165) is 5.56 Å². The van der Waals surface area contributed by atoms with Crippen molar-refractivity contribution in [3.8, 4) is 6.07 Å². The Kier molecular flexibility index (Phi) is 4.41. The van der Waals surface area contributed by atoms with Gasteiger partial charge in [-0.1, -0.05) is 23.7 Å². The molecule has 1 saturated heterocycles. The van der Waals surface area contributed by atoms with E-state index in [9.17, 15) is 10.1 Å². The van der Waals surface area contributed by atoms with E-state index in [1.165, 1.54) is 0 Å². The van der Waals surface area contributed by atoms with Crippen LogP contribution in [0.5, 0.6) is 0 Å². The third-order valence-electron chi connectivity index (χ3n) is 3.41. The topological polar surface area (TPSA) is 47.3 Å². The second-order valence-electron chi connectivity index (χ2n) is 4.63. The normalized spacial score (nSPS) is 17.8. The number of benzene rings is 1. The number of hydrogen-bond donors (Lipinski definition) is 0. The molecule has 5 heteroatoms. The van der Waals surface area contributed by atoms with Crippen molar-refractivity contribution in [2.24, 2.45) is 0 Å². The van der Waals surface area contributed by atoms with Gasteiger partial charge in [-0.2, -0.15) is 5.26 Å². The first-order valence-corrected chi connectivity index (χ1v) is 6.64. The van der Waals surface area contributed by atoms with Crippen LogP contribution in [0.3, 0.4) is 0 Å². The molecule has 0 radical (unpaired) electrons. The highest BCUT2D eigenvalue weighted by Gasteiger charge is 2.25. The highest BCUT2D eigenvalue weighted by Crippen LogP contribution is 2.23. The molecule has 1 atom stereocenters. The van der Waals surface area contributed by atoms with Crippen molar-refractivity contribution in [3.05, 3.63) is 34.9 Å². The van der Waals surface area contributed by atoms with E-state index in [4.69, 9.17) is 11.6 Å². The van der Waals surface area contributed by atoms with E-state index >= 15 is 0 Å². The number of nitrogens with zero attached hydrogens (tertiary/aromatic N) is 3. The maximum atomic E-state index is 11.3. The monoisotopic (exact) mass is 277 g/mol. The summed E-state index contributed by atoms with van der Waals surface area (Å²) >= 11 is 5.97. The molecule has 0 saturated carbocycles. The van der Waals surface area contributed by atoms with E-state index in [2.05, 4.69) is 11.0 Å². The highest BCUT2D eigenvalue weighted by atomic mass is 35.5. The zero-order valence-corrected chi connectivity index (χ0v) is 11.6. The fourth-order valence-corrected chi connectivity index (χ4v) is 2.54. The van der Waals surface area contributed by atoms with Gasteiger partial charge in [0, 0.05) is 38.1 Å². The van der Waals surface area contributed by atoms with Crippen LogP contribution >= 0.6 is 11.6 Å². The van der Waals surface area contributed by atoms with Crippen LogP contribution in [0.1, 0.15) is 18.5 Å². The van der Waals surface area contributed by atoms with Crippen LogP contribution < -0.4 is 0 Å². The van der Waals surface area contributed by atoms with Gasteiger partial charge in [0.1, 0.15) is 6.04 Å². The molecule has 0 N–H and O–H groups in total. The predicted molar refractivity (Wildman–Crippen MR) is 73.6 cm³/mol. The Labute approximate surface area is 118 Å². The molecule has 0 spiro atoms. The molecule has 1 heterocycles. The number of carbonyl (C=O) groups is 1. The number of hydrogen-bond acceptors (Lipinski definition) is 3. The van der Waals surface area contributed by atoms with Crippen LogP contribution in [0.25, 0.3) is 0 Å². The van der Waals surface area contributed by atoms with Crippen molar-refractivity contribution in [3.63, 3.8) is 0 Å². The lowest BCUT2D eigenvalue weighted by Crippen LogP contribution is -2.48. The Morgan fingerprint density at radius 3 is 2.58 bits per heavy atom. The van der Waals surface area contributed by atoms with Gasteiger partial charge in [0.15, 0.2) is 0 Å². The number of rotatable bonds is 2. The SMILES string of the molecule is CC(=O)N1CCN(C(C#N)c2cccc(Cl)c2)CC1. The van der Waals surface area contributed by atoms with Gasteiger partial charge in [-0.25, -0.2) is 0 Å². The molecule has 19 heavy (non-hydrogen) atoms. The second kappa shape index (κ2) is 6.05. The molecular weight excluding hydrogens is 262 g/mol. The molecule has 4 nitrogen and oxygen atoms in total. The van der Waals surface area contributed by atoms with Crippen molar-refractivity contribution in [1.82, 2.24) is 9.80 Å². The Balaban J connectivity index is 2.08. The lowest BCUT2D eigenvalue weighted by Gasteiger charge is -2.36. The summed E-state index contributed by atoms with van der Waals surface area (Å²) in [5, 5.41) is 10.0.